The van der Waals surface area contributed by atoms with Gasteiger partial charge in [-0.25, -0.2) is 4.57 Å². The molecule has 0 unspecified atom stereocenters. The molecule has 1 aliphatic carbocycles. The average Bonchev–Trinajstić information content (AvgIpc) is 2.15. The maximum absolute atomic E-state index is 11.2. The van der Waals surface area contributed by atoms with Gasteiger partial charge in [0, 0.05) is 5.92 Å². The molecule has 1 fully saturated rings. The lowest BCUT2D eigenvalue weighted by atomic mass is 9.85. The number of phosphoric acid groups is 1. The molecule has 1 rings (SSSR count). The maximum Gasteiger partial charge on any atom is 0.469 e. The van der Waals surface area contributed by atoms with Gasteiger partial charge in [0.1, 0.15) is 0 Å². The lowest BCUT2D eigenvalue weighted by Gasteiger charge is -2.26. The zero-order valence-corrected chi connectivity index (χ0v) is 9.23. The summed E-state index contributed by atoms with van der Waals surface area (Å²) in [6.07, 6.45) is 3.10. The first-order valence-corrected chi connectivity index (χ1v) is 6.35. The van der Waals surface area contributed by atoms with Gasteiger partial charge in [-0.2, -0.15) is 0 Å². The van der Waals surface area contributed by atoms with Crippen molar-refractivity contribution in [3.8, 4) is 0 Å². The second kappa shape index (κ2) is 5.03. The summed E-state index contributed by atoms with van der Waals surface area (Å²) in [5.41, 5.74) is 0. The fraction of sp³-hybridized carbons (Fsp3) is 0.667. The van der Waals surface area contributed by atoms with Gasteiger partial charge in [0.05, 0.1) is 6.10 Å². The van der Waals surface area contributed by atoms with Crippen molar-refractivity contribution < 1.29 is 23.7 Å². The van der Waals surface area contributed by atoms with Gasteiger partial charge >= 0.3 is 7.82 Å². The summed E-state index contributed by atoms with van der Waals surface area (Å²) >= 11 is 0. The zero-order valence-electron chi connectivity index (χ0n) is 8.33. The Morgan fingerprint density at radius 1 is 1.33 bits per heavy atom. The number of carbonyl (C=O) groups excluding carboxylic acids is 1. The van der Waals surface area contributed by atoms with E-state index in [9.17, 15) is 9.36 Å². The van der Waals surface area contributed by atoms with E-state index in [4.69, 9.17) is 9.79 Å². The molecule has 0 aliphatic heterocycles. The van der Waals surface area contributed by atoms with E-state index >= 15 is 0 Å². The minimum absolute atomic E-state index is 0.00429. The van der Waals surface area contributed by atoms with Crippen LogP contribution in [-0.2, 0) is 13.9 Å². The quantitative estimate of drug-likeness (QED) is 0.567. The fourth-order valence-electron chi connectivity index (χ4n) is 1.81. The highest BCUT2D eigenvalue weighted by Gasteiger charge is 2.29. The number of ketones is 1. The molecule has 6 heteroatoms. The fourth-order valence-corrected chi connectivity index (χ4v) is 2.41. The van der Waals surface area contributed by atoms with Crippen LogP contribution in [0.2, 0.25) is 0 Å². The molecule has 1 aliphatic rings. The third-order valence-electron chi connectivity index (χ3n) is 2.56. The topological polar surface area (TPSA) is 83.8 Å². The van der Waals surface area contributed by atoms with Gasteiger partial charge in [-0.1, -0.05) is 6.58 Å². The van der Waals surface area contributed by atoms with Gasteiger partial charge in [-0.3, -0.25) is 9.32 Å². The van der Waals surface area contributed by atoms with E-state index in [0.29, 0.717) is 25.7 Å². The van der Waals surface area contributed by atoms with Gasteiger partial charge < -0.3 is 9.79 Å². The van der Waals surface area contributed by atoms with Crippen molar-refractivity contribution in [2.75, 3.05) is 0 Å². The number of allylic oxidation sites excluding steroid dienone is 1. The molecular formula is C9H15O5P. The summed E-state index contributed by atoms with van der Waals surface area (Å²) in [5, 5.41) is 0. The second-order valence-corrected chi connectivity index (χ2v) is 4.87. The van der Waals surface area contributed by atoms with Gasteiger partial charge in [0.25, 0.3) is 0 Å². The molecule has 0 spiro atoms. The average molecular weight is 234 g/mol. The first kappa shape index (κ1) is 12.6. The van der Waals surface area contributed by atoms with Crippen molar-refractivity contribution in [3.05, 3.63) is 12.7 Å². The highest BCUT2D eigenvalue weighted by atomic mass is 31.2. The van der Waals surface area contributed by atoms with E-state index in [1.54, 1.807) is 0 Å². The Morgan fingerprint density at radius 2 is 1.87 bits per heavy atom. The Bertz CT molecular complexity index is 287. The molecule has 0 saturated heterocycles. The highest BCUT2D eigenvalue weighted by Crippen LogP contribution is 2.41. The van der Waals surface area contributed by atoms with Gasteiger partial charge in [0.15, 0.2) is 5.78 Å². The summed E-state index contributed by atoms with van der Waals surface area (Å²) in [7, 11) is -4.39. The summed E-state index contributed by atoms with van der Waals surface area (Å²) in [4.78, 5) is 28.4. The molecule has 0 aromatic rings. The van der Waals surface area contributed by atoms with E-state index in [-0.39, 0.29) is 11.7 Å². The molecular weight excluding hydrogens is 219 g/mol. The van der Waals surface area contributed by atoms with Crippen LogP contribution in [0.1, 0.15) is 25.7 Å². The predicted molar refractivity (Wildman–Crippen MR) is 54.1 cm³/mol. The minimum atomic E-state index is -4.39. The first-order valence-electron chi connectivity index (χ1n) is 4.82. The van der Waals surface area contributed by atoms with Crippen LogP contribution in [0.15, 0.2) is 12.7 Å². The normalized spacial score (nSPS) is 27.3. The Morgan fingerprint density at radius 3 is 2.27 bits per heavy atom. The largest absolute Gasteiger partial charge is 0.469 e. The van der Waals surface area contributed by atoms with Crippen molar-refractivity contribution in [1.82, 2.24) is 0 Å². The van der Waals surface area contributed by atoms with Crippen molar-refractivity contribution >= 4 is 13.6 Å². The molecule has 0 aromatic heterocycles. The van der Waals surface area contributed by atoms with E-state index in [0.717, 1.165) is 0 Å². The maximum atomic E-state index is 11.2. The Labute approximate surface area is 88.4 Å². The molecule has 1 saturated carbocycles. The molecule has 86 valence electrons. The SMILES string of the molecule is C=CC(=O)C1CCC(OP(=O)(O)O)CC1. The molecule has 0 heterocycles. The van der Waals surface area contributed by atoms with Crippen LogP contribution in [0.5, 0.6) is 0 Å². The molecule has 0 radical (unpaired) electrons. The van der Waals surface area contributed by atoms with Crippen LogP contribution in [0, 0.1) is 5.92 Å². The number of phosphoric ester groups is 1. The molecule has 0 bridgehead atoms. The van der Waals surface area contributed by atoms with Crippen molar-refractivity contribution in [2.24, 2.45) is 5.92 Å². The van der Waals surface area contributed by atoms with E-state index < -0.39 is 13.9 Å². The molecule has 0 amide bonds. The molecule has 0 aromatic carbocycles. The van der Waals surface area contributed by atoms with E-state index in [1.165, 1.54) is 6.08 Å². The lowest BCUT2D eigenvalue weighted by molar-refractivity contribution is -0.119. The standard InChI is InChI=1S/C9H15O5P/c1-2-9(10)7-3-5-8(6-4-7)14-15(11,12)13/h2,7-8H,1,3-6H2,(H2,11,12,13). The molecule has 2 N–H and O–H groups in total. The summed E-state index contributed by atoms with van der Waals surface area (Å²) < 4.78 is 15.1. The van der Waals surface area contributed by atoms with Crippen LogP contribution in [-0.4, -0.2) is 21.7 Å². The summed E-state index contributed by atoms with van der Waals surface area (Å²) in [6, 6.07) is 0. The van der Waals surface area contributed by atoms with Crippen LogP contribution in [0.3, 0.4) is 0 Å². The van der Waals surface area contributed by atoms with Gasteiger partial charge in [0.2, 0.25) is 0 Å². The number of carbonyl (C=O) groups is 1. The summed E-state index contributed by atoms with van der Waals surface area (Å²) in [5.74, 6) is -0.0521. The van der Waals surface area contributed by atoms with Gasteiger partial charge in [-0.15, -0.1) is 0 Å². The molecule has 15 heavy (non-hydrogen) atoms. The number of hydrogen-bond acceptors (Lipinski definition) is 3. The Hall–Kier alpha value is -0.480. The third kappa shape index (κ3) is 4.26. The van der Waals surface area contributed by atoms with E-state index in [1.807, 2.05) is 0 Å². The Balaban J connectivity index is 2.39. The Kier molecular flexibility index (Phi) is 4.22. The second-order valence-electron chi connectivity index (χ2n) is 3.68. The first-order chi connectivity index (χ1) is 6.92. The third-order valence-corrected chi connectivity index (χ3v) is 3.14. The predicted octanol–water partition coefficient (Wildman–Crippen LogP) is 1.41. The lowest BCUT2D eigenvalue weighted by Crippen LogP contribution is -2.24. The number of hydrogen-bond donors (Lipinski definition) is 2. The highest BCUT2D eigenvalue weighted by molar-refractivity contribution is 7.46. The number of rotatable bonds is 4. The van der Waals surface area contributed by atoms with E-state index in [2.05, 4.69) is 11.1 Å². The van der Waals surface area contributed by atoms with Crippen LogP contribution in [0.4, 0.5) is 0 Å². The van der Waals surface area contributed by atoms with Crippen LogP contribution < -0.4 is 0 Å². The molecule has 0 atom stereocenters. The monoisotopic (exact) mass is 234 g/mol. The van der Waals surface area contributed by atoms with Crippen molar-refractivity contribution in [1.29, 1.82) is 0 Å². The van der Waals surface area contributed by atoms with Crippen molar-refractivity contribution in [3.63, 3.8) is 0 Å². The smallest absolute Gasteiger partial charge is 0.303 e. The van der Waals surface area contributed by atoms with Crippen LogP contribution in [0.25, 0.3) is 0 Å². The van der Waals surface area contributed by atoms with Crippen molar-refractivity contribution in [2.45, 2.75) is 31.8 Å². The summed E-state index contributed by atoms with van der Waals surface area (Å²) in [6.45, 7) is 3.41. The molecule has 5 nitrogen and oxygen atoms in total. The van der Waals surface area contributed by atoms with Crippen LogP contribution >= 0.6 is 7.82 Å². The van der Waals surface area contributed by atoms with Gasteiger partial charge in [-0.05, 0) is 31.8 Å². The zero-order chi connectivity index (χ0) is 11.5. The minimum Gasteiger partial charge on any atom is -0.303 e.